The minimum absolute atomic E-state index is 0.140. The van der Waals surface area contributed by atoms with Gasteiger partial charge in [0.15, 0.2) is 0 Å². The fraction of sp³-hybridized carbons (Fsp3) is 0.100. The minimum atomic E-state index is -0.148. The largest absolute Gasteiger partial charge is 0.508 e. The summed E-state index contributed by atoms with van der Waals surface area (Å²) in [6, 6.07) is 4.77. The van der Waals surface area contributed by atoms with Crippen molar-refractivity contribution in [2.45, 2.75) is 6.61 Å². The van der Waals surface area contributed by atoms with Crippen LogP contribution >= 0.6 is 0 Å². The molecule has 0 spiro atoms. The zero-order valence-electron chi connectivity index (χ0n) is 7.44. The minimum Gasteiger partial charge on any atom is -0.508 e. The molecule has 1 aromatic heterocycles. The maximum Gasteiger partial charge on any atom is 0.116 e. The van der Waals surface area contributed by atoms with Crippen LogP contribution in [0.3, 0.4) is 0 Å². The lowest BCUT2D eigenvalue weighted by molar-refractivity contribution is 0.282. The highest BCUT2D eigenvalue weighted by atomic mass is 16.3. The Labute approximate surface area is 80.6 Å². The molecule has 0 aliphatic rings. The second-order valence-electron chi connectivity index (χ2n) is 3.06. The van der Waals surface area contributed by atoms with Gasteiger partial charge in [-0.3, -0.25) is 4.98 Å². The summed E-state index contributed by atoms with van der Waals surface area (Å²) < 4.78 is 0. The Bertz CT molecular complexity index is 483. The smallest absolute Gasteiger partial charge is 0.116 e. The van der Waals surface area contributed by atoms with Crippen LogP contribution in [0.5, 0.6) is 5.75 Å². The second-order valence-corrected chi connectivity index (χ2v) is 3.06. The fourth-order valence-corrected chi connectivity index (χ4v) is 1.37. The first-order chi connectivity index (χ1) is 6.72. The Hall–Kier alpha value is -1.81. The van der Waals surface area contributed by atoms with Crippen molar-refractivity contribution in [3.63, 3.8) is 0 Å². The molecule has 0 aliphatic carbocycles. The fourth-order valence-electron chi connectivity index (χ4n) is 1.37. The number of rotatable bonds is 1. The highest BCUT2D eigenvalue weighted by molar-refractivity contribution is 5.92. The number of hydrogen-bond acceptors (Lipinski definition) is 4. The van der Waals surface area contributed by atoms with Crippen LogP contribution in [0.25, 0.3) is 10.9 Å². The molecule has 0 aliphatic heterocycles. The van der Waals surface area contributed by atoms with Crippen LogP contribution in [0.2, 0.25) is 0 Å². The molecule has 0 amide bonds. The van der Waals surface area contributed by atoms with Crippen LogP contribution in [0.1, 0.15) is 5.56 Å². The summed E-state index contributed by atoms with van der Waals surface area (Å²) in [7, 11) is 0. The molecule has 0 atom stereocenters. The number of fused-ring (bicyclic) bond motifs is 1. The number of phenolic OH excluding ortho intramolecular Hbond substituents is 1. The van der Waals surface area contributed by atoms with Gasteiger partial charge in [-0.1, -0.05) is 0 Å². The number of nitrogens with zero attached hydrogens (tertiary/aromatic N) is 1. The van der Waals surface area contributed by atoms with Gasteiger partial charge in [0.2, 0.25) is 0 Å². The summed E-state index contributed by atoms with van der Waals surface area (Å²) in [5.41, 5.74) is 7.53. The topological polar surface area (TPSA) is 79.4 Å². The van der Waals surface area contributed by atoms with E-state index >= 15 is 0 Å². The lowest BCUT2D eigenvalue weighted by Gasteiger charge is -2.06. The Morgan fingerprint density at radius 1 is 1.36 bits per heavy atom. The third-order valence-electron chi connectivity index (χ3n) is 2.15. The first-order valence-corrected chi connectivity index (χ1v) is 4.19. The summed E-state index contributed by atoms with van der Waals surface area (Å²) in [4.78, 5) is 4.10. The number of phenols is 1. The lowest BCUT2D eigenvalue weighted by Crippen LogP contribution is -1.96. The molecule has 2 aromatic rings. The highest BCUT2D eigenvalue weighted by Crippen LogP contribution is 2.26. The molecule has 0 bridgehead atoms. The normalized spacial score (nSPS) is 10.6. The molecule has 72 valence electrons. The van der Waals surface area contributed by atoms with E-state index in [2.05, 4.69) is 4.98 Å². The zero-order chi connectivity index (χ0) is 10.1. The van der Waals surface area contributed by atoms with Gasteiger partial charge in [-0.05, 0) is 18.2 Å². The number of pyridine rings is 1. The molecule has 4 nitrogen and oxygen atoms in total. The molecule has 4 N–H and O–H groups in total. The van der Waals surface area contributed by atoms with Gasteiger partial charge in [-0.2, -0.15) is 0 Å². The van der Waals surface area contributed by atoms with Crippen molar-refractivity contribution >= 4 is 16.6 Å². The molecule has 1 aromatic carbocycles. The van der Waals surface area contributed by atoms with Gasteiger partial charge in [0.1, 0.15) is 5.75 Å². The Balaban J connectivity index is 2.79. The predicted molar refractivity (Wildman–Crippen MR) is 53.7 cm³/mol. The quantitative estimate of drug-likeness (QED) is 0.627. The molecule has 0 fully saturated rings. The van der Waals surface area contributed by atoms with E-state index in [4.69, 9.17) is 10.8 Å². The maximum absolute atomic E-state index is 9.27. The van der Waals surface area contributed by atoms with Gasteiger partial charge < -0.3 is 15.9 Å². The zero-order valence-corrected chi connectivity index (χ0v) is 7.44. The first kappa shape index (κ1) is 8.77. The van der Waals surface area contributed by atoms with Crippen LogP contribution < -0.4 is 5.73 Å². The van der Waals surface area contributed by atoms with E-state index < -0.39 is 0 Å². The first-order valence-electron chi connectivity index (χ1n) is 4.19. The Kier molecular flexibility index (Phi) is 1.98. The maximum atomic E-state index is 9.27. The van der Waals surface area contributed by atoms with Crippen molar-refractivity contribution in [3.05, 3.63) is 30.0 Å². The van der Waals surface area contributed by atoms with Crippen LogP contribution in [0, 0.1) is 0 Å². The van der Waals surface area contributed by atoms with E-state index in [0.717, 1.165) is 0 Å². The summed E-state index contributed by atoms with van der Waals surface area (Å²) >= 11 is 0. The third kappa shape index (κ3) is 1.25. The Morgan fingerprint density at radius 2 is 2.14 bits per heavy atom. The van der Waals surface area contributed by atoms with Crippen LogP contribution in [0.15, 0.2) is 24.4 Å². The number of aromatic hydroxyl groups is 1. The number of aromatic nitrogens is 1. The van der Waals surface area contributed by atoms with Gasteiger partial charge in [0.05, 0.1) is 12.1 Å². The molecule has 14 heavy (non-hydrogen) atoms. The molecule has 0 unspecified atom stereocenters. The molecule has 0 radical (unpaired) electrons. The number of benzene rings is 1. The van der Waals surface area contributed by atoms with Crippen molar-refractivity contribution in [1.82, 2.24) is 4.98 Å². The van der Waals surface area contributed by atoms with E-state index in [9.17, 15) is 5.11 Å². The number of anilines is 1. The van der Waals surface area contributed by atoms with Crippen LogP contribution in [-0.2, 0) is 6.61 Å². The third-order valence-corrected chi connectivity index (χ3v) is 2.15. The predicted octanol–water partition coefficient (Wildman–Crippen LogP) is 1.01. The molecular formula is C10H10N2O2. The highest BCUT2D eigenvalue weighted by Gasteiger charge is 2.05. The average molecular weight is 190 g/mol. The van der Waals surface area contributed by atoms with Crippen molar-refractivity contribution in [2.75, 3.05) is 5.73 Å². The van der Waals surface area contributed by atoms with Gasteiger partial charge in [0.25, 0.3) is 0 Å². The summed E-state index contributed by atoms with van der Waals surface area (Å²) in [6.07, 6.45) is 1.54. The number of hydrogen-bond donors (Lipinski definition) is 3. The number of nitrogen functional groups attached to an aromatic ring is 1. The van der Waals surface area contributed by atoms with Crippen molar-refractivity contribution in [1.29, 1.82) is 0 Å². The van der Waals surface area contributed by atoms with E-state index in [1.165, 1.54) is 12.3 Å². The second kappa shape index (κ2) is 3.16. The van der Waals surface area contributed by atoms with E-state index in [1.807, 2.05) is 0 Å². The van der Waals surface area contributed by atoms with E-state index in [1.54, 1.807) is 12.1 Å². The molecule has 0 saturated heterocycles. The van der Waals surface area contributed by atoms with E-state index in [0.29, 0.717) is 22.2 Å². The number of aliphatic hydroxyl groups is 1. The molecular weight excluding hydrogens is 180 g/mol. The SMILES string of the molecule is Nc1c(CO)cnc2ccc(O)cc12. The van der Waals surface area contributed by atoms with Gasteiger partial charge >= 0.3 is 0 Å². The summed E-state index contributed by atoms with van der Waals surface area (Å²) in [5.74, 6) is 0.140. The van der Waals surface area contributed by atoms with Gasteiger partial charge in [-0.25, -0.2) is 0 Å². The average Bonchev–Trinajstić information content (AvgIpc) is 2.20. The van der Waals surface area contributed by atoms with E-state index in [-0.39, 0.29) is 12.4 Å². The molecule has 2 rings (SSSR count). The van der Waals surface area contributed by atoms with Crippen LogP contribution in [0.4, 0.5) is 5.69 Å². The van der Waals surface area contributed by atoms with Crippen molar-refractivity contribution in [2.24, 2.45) is 0 Å². The van der Waals surface area contributed by atoms with Crippen molar-refractivity contribution < 1.29 is 10.2 Å². The van der Waals surface area contributed by atoms with Gasteiger partial charge in [0, 0.05) is 22.8 Å². The van der Waals surface area contributed by atoms with Crippen molar-refractivity contribution in [3.8, 4) is 5.75 Å². The lowest BCUT2D eigenvalue weighted by atomic mass is 10.1. The number of aliphatic hydroxyl groups excluding tert-OH is 1. The molecule has 4 heteroatoms. The molecule has 0 saturated carbocycles. The monoisotopic (exact) mass is 190 g/mol. The molecule has 1 heterocycles. The Morgan fingerprint density at radius 3 is 2.86 bits per heavy atom. The van der Waals surface area contributed by atoms with Gasteiger partial charge in [-0.15, -0.1) is 0 Å². The summed E-state index contributed by atoms with van der Waals surface area (Å²) in [5, 5.41) is 18.9. The number of nitrogens with two attached hydrogens (primary N) is 1. The standard InChI is InChI=1S/C10H10N2O2/c11-10-6(5-13)4-12-9-2-1-7(14)3-8(9)10/h1-4,13-14H,5H2,(H2,11,12). The summed E-state index contributed by atoms with van der Waals surface area (Å²) in [6.45, 7) is -0.148. The van der Waals surface area contributed by atoms with Crippen LogP contribution in [-0.4, -0.2) is 15.2 Å².